The molecule has 0 aromatic heterocycles. The average Bonchev–Trinajstić information content (AvgIpc) is 2.68. The normalized spacial score (nSPS) is 17.1. The van der Waals surface area contributed by atoms with Crippen molar-refractivity contribution in [2.24, 2.45) is 5.92 Å². The van der Waals surface area contributed by atoms with Crippen LogP contribution in [0.1, 0.15) is 93.4 Å². The first-order valence-electron chi connectivity index (χ1n) is 11.3. The molecule has 0 nitrogen and oxygen atoms in total. The quantitative estimate of drug-likeness (QED) is 0.416. The molecular weight excluding hydrogens is 324 g/mol. The molecule has 0 amide bonds. The van der Waals surface area contributed by atoms with E-state index >= 15 is 0 Å². The van der Waals surface area contributed by atoms with Crippen LogP contribution in [0.2, 0.25) is 0 Å². The molecule has 3 rings (SSSR count). The second-order valence-corrected chi connectivity index (χ2v) is 8.97. The van der Waals surface area contributed by atoms with E-state index in [4.69, 9.17) is 0 Å². The molecule has 146 valence electrons. The lowest BCUT2D eigenvalue weighted by Crippen LogP contribution is -2.33. The number of benzene rings is 2. The molecule has 0 saturated heterocycles. The number of rotatable bonds is 8. The van der Waals surface area contributed by atoms with E-state index in [-0.39, 0.29) is 5.41 Å². The number of aryl methyl sites for hydroxylation is 2. The maximum Gasteiger partial charge on any atom is 0.0203 e. The number of hydrogen-bond acceptors (Lipinski definition) is 0. The maximum atomic E-state index is 2.44. The van der Waals surface area contributed by atoms with Crippen LogP contribution < -0.4 is 0 Å². The Morgan fingerprint density at radius 3 is 1.85 bits per heavy atom. The van der Waals surface area contributed by atoms with Crippen LogP contribution in [-0.4, -0.2) is 0 Å². The first kappa shape index (κ1) is 20.2. The molecule has 0 N–H and O–H groups in total. The smallest absolute Gasteiger partial charge is 0.0203 e. The Morgan fingerprint density at radius 2 is 1.33 bits per heavy atom. The van der Waals surface area contributed by atoms with Gasteiger partial charge in [-0.3, -0.25) is 0 Å². The van der Waals surface area contributed by atoms with Crippen molar-refractivity contribution in [1.29, 1.82) is 0 Å². The third-order valence-electron chi connectivity index (χ3n) is 6.82. The molecule has 0 atom stereocenters. The van der Waals surface area contributed by atoms with Gasteiger partial charge in [0.05, 0.1) is 0 Å². The van der Waals surface area contributed by atoms with Crippen LogP contribution in [0.5, 0.6) is 0 Å². The van der Waals surface area contributed by atoms with Crippen molar-refractivity contribution < 1.29 is 0 Å². The summed E-state index contributed by atoms with van der Waals surface area (Å²) in [5, 5.41) is 0. The van der Waals surface area contributed by atoms with Gasteiger partial charge in [0.25, 0.3) is 0 Å². The summed E-state index contributed by atoms with van der Waals surface area (Å²) in [7, 11) is 0. The lowest BCUT2D eigenvalue weighted by atomic mass is 9.62. The van der Waals surface area contributed by atoms with E-state index in [2.05, 4.69) is 69.3 Å². The van der Waals surface area contributed by atoms with Crippen LogP contribution in [0.4, 0.5) is 0 Å². The van der Waals surface area contributed by atoms with Crippen LogP contribution in [0.25, 0.3) is 0 Å². The first-order chi connectivity index (χ1) is 13.1. The van der Waals surface area contributed by atoms with Crippen LogP contribution in [-0.2, 0) is 5.41 Å². The van der Waals surface area contributed by atoms with E-state index in [1.807, 2.05) is 0 Å². The Hall–Kier alpha value is -1.56. The molecule has 0 aliphatic heterocycles. The molecule has 0 spiro atoms. The van der Waals surface area contributed by atoms with Gasteiger partial charge in [0, 0.05) is 5.41 Å². The summed E-state index contributed by atoms with van der Waals surface area (Å²) in [6.07, 6.45) is 13.9. The van der Waals surface area contributed by atoms with Gasteiger partial charge in [0.2, 0.25) is 0 Å². The summed E-state index contributed by atoms with van der Waals surface area (Å²) in [6, 6.07) is 18.6. The fraction of sp³-hybridized carbons (Fsp3) is 0.556. The monoisotopic (exact) mass is 362 g/mol. The Balaban J connectivity index is 1.74. The minimum atomic E-state index is 0.219. The Morgan fingerprint density at radius 1 is 0.778 bits per heavy atom. The summed E-state index contributed by atoms with van der Waals surface area (Å²) in [5.41, 5.74) is 6.07. The van der Waals surface area contributed by atoms with E-state index < -0.39 is 0 Å². The van der Waals surface area contributed by atoms with Gasteiger partial charge in [0.15, 0.2) is 0 Å². The zero-order chi connectivity index (χ0) is 19.1. The third kappa shape index (κ3) is 5.03. The predicted octanol–water partition coefficient (Wildman–Crippen LogP) is 8.14. The Kier molecular flexibility index (Phi) is 7.16. The van der Waals surface area contributed by atoms with Crippen molar-refractivity contribution in [3.05, 3.63) is 70.8 Å². The van der Waals surface area contributed by atoms with Crippen LogP contribution in [0.3, 0.4) is 0 Å². The van der Waals surface area contributed by atoms with Gasteiger partial charge in [-0.05, 0) is 56.6 Å². The van der Waals surface area contributed by atoms with Gasteiger partial charge in [-0.1, -0.05) is 105 Å². The van der Waals surface area contributed by atoms with E-state index in [1.54, 1.807) is 0 Å². The molecule has 1 fully saturated rings. The van der Waals surface area contributed by atoms with Crippen molar-refractivity contribution in [1.82, 2.24) is 0 Å². The molecule has 2 aromatic carbocycles. The highest BCUT2D eigenvalue weighted by atomic mass is 14.4. The molecule has 1 saturated carbocycles. The summed E-state index contributed by atoms with van der Waals surface area (Å²) >= 11 is 0. The highest BCUT2D eigenvalue weighted by Gasteiger charge is 2.38. The fourth-order valence-corrected chi connectivity index (χ4v) is 5.13. The van der Waals surface area contributed by atoms with E-state index in [0.717, 1.165) is 5.92 Å². The van der Waals surface area contributed by atoms with E-state index in [9.17, 15) is 0 Å². The van der Waals surface area contributed by atoms with Gasteiger partial charge < -0.3 is 0 Å². The molecule has 0 unspecified atom stereocenters. The fourth-order valence-electron chi connectivity index (χ4n) is 5.13. The minimum absolute atomic E-state index is 0.219. The topological polar surface area (TPSA) is 0 Å². The Bertz CT molecular complexity index is 656. The number of hydrogen-bond donors (Lipinski definition) is 0. The number of unbranched alkanes of at least 4 members (excludes halogenated alkanes) is 4. The molecule has 1 aliphatic rings. The van der Waals surface area contributed by atoms with Crippen LogP contribution >= 0.6 is 0 Å². The Labute approximate surface area is 167 Å². The largest absolute Gasteiger partial charge is 0.0654 e. The zero-order valence-corrected chi connectivity index (χ0v) is 17.8. The lowest BCUT2D eigenvalue weighted by Gasteiger charge is -2.42. The highest BCUT2D eigenvalue weighted by Crippen LogP contribution is 2.47. The SMILES string of the molecule is CCCCCCCC1CCC(c2cccc(C)c2)(c2cccc(C)c2)CC1. The molecule has 1 aliphatic carbocycles. The van der Waals surface area contributed by atoms with Crippen molar-refractivity contribution in [2.75, 3.05) is 0 Å². The van der Waals surface area contributed by atoms with Gasteiger partial charge in [-0.25, -0.2) is 0 Å². The van der Waals surface area contributed by atoms with E-state index in [1.165, 1.54) is 86.5 Å². The van der Waals surface area contributed by atoms with Gasteiger partial charge in [-0.2, -0.15) is 0 Å². The maximum absolute atomic E-state index is 2.44. The minimum Gasteiger partial charge on any atom is -0.0654 e. The zero-order valence-electron chi connectivity index (χ0n) is 17.8. The van der Waals surface area contributed by atoms with Gasteiger partial charge in [-0.15, -0.1) is 0 Å². The van der Waals surface area contributed by atoms with Crippen molar-refractivity contribution in [3.63, 3.8) is 0 Å². The first-order valence-corrected chi connectivity index (χ1v) is 11.3. The molecule has 2 aromatic rings. The molecular formula is C27H38. The average molecular weight is 363 g/mol. The van der Waals surface area contributed by atoms with Crippen molar-refractivity contribution >= 4 is 0 Å². The second kappa shape index (κ2) is 9.58. The van der Waals surface area contributed by atoms with Crippen LogP contribution in [0.15, 0.2) is 48.5 Å². The van der Waals surface area contributed by atoms with Gasteiger partial charge in [0.1, 0.15) is 0 Å². The van der Waals surface area contributed by atoms with E-state index in [0.29, 0.717) is 0 Å². The third-order valence-corrected chi connectivity index (χ3v) is 6.82. The predicted molar refractivity (Wildman–Crippen MR) is 118 cm³/mol. The second-order valence-electron chi connectivity index (χ2n) is 8.97. The standard InChI is InChI=1S/C27H38/c1-4-5-6-7-8-13-24-16-18-27(19-17-24,25-14-9-11-22(2)20-25)26-15-10-12-23(3)21-26/h9-12,14-15,20-21,24H,4-8,13,16-19H2,1-3H3. The van der Waals surface area contributed by atoms with Gasteiger partial charge >= 0.3 is 0 Å². The molecule has 0 heterocycles. The lowest BCUT2D eigenvalue weighted by molar-refractivity contribution is 0.250. The highest BCUT2D eigenvalue weighted by molar-refractivity contribution is 5.42. The molecule has 0 bridgehead atoms. The summed E-state index contributed by atoms with van der Waals surface area (Å²) in [6.45, 7) is 6.77. The van der Waals surface area contributed by atoms with Crippen molar-refractivity contribution in [3.8, 4) is 0 Å². The summed E-state index contributed by atoms with van der Waals surface area (Å²) in [4.78, 5) is 0. The molecule has 27 heavy (non-hydrogen) atoms. The molecule has 0 radical (unpaired) electrons. The molecule has 0 heteroatoms. The van der Waals surface area contributed by atoms with Crippen LogP contribution in [0, 0.1) is 19.8 Å². The summed E-state index contributed by atoms with van der Waals surface area (Å²) < 4.78 is 0. The summed E-state index contributed by atoms with van der Waals surface area (Å²) in [5.74, 6) is 0.939. The van der Waals surface area contributed by atoms with Crippen molar-refractivity contribution in [2.45, 2.75) is 90.4 Å².